The molecule has 2 aromatic rings. The van der Waals surface area contributed by atoms with Crippen molar-refractivity contribution < 1.29 is 14.3 Å². The average molecular weight is 316 g/mol. The number of carbonyl (C=O) groups is 1. The monoisotopic (exact) mass is 316 g/mol. The Morgan fingerprint density at radius 1 is 1.52 bits per heavy atom. The molecule has 0 bridgehead atoms. The Morgan fingerprint density at radius 2 is 2.35 bits per heavy atom. The van der Waals surface area contributed by atoms with Gasteiger partial charge in [-0.1, -0.05) is 0 Å². The van der Waals surface area contributed by atoms with Gasteiger partial charge in [0.05, 0.1) is 37.9 Å². The van der Waals surface area contributed by atoms with Crippen molar-refractivity contribution in [3.05, 3.63) is 36.4 Å². The van der Waals surface area contributed by atoms with E-state index in [0.29, 0.717) is 12.2 Å². The third-order valence-electron chi connectivity index (χ3n) is 3.61. The molecule has 3 rings (SSSR count). The molecule has 1 amide bonds. The zero-order valence-electron chi connectivity index (χ0n) is 13.4. The van der Waals surface area contributed by atoms with Crippen molar-refractivity contribution in [2.24, 2.45) is 0 Å². The first-order chi connectivity index (χ1) is 11.0. The Hall–Kier alpha value is -2.70. The van der Waals surface area contributed by atoms with Crippen LogP contribution in [-0.4, -0.2) is 35.3 Å². The second kappa shape index (κ2) is 5.83. The fourth-order valence-electron chi connectivity index (χ4n) is 2.69. The van der Waals surface area contributed by atoms with Crippen LogP contribution in [0.15, 0.2) is 30.7 Å². The number of benzene rings is 1. The lowest BCUT2D eigenvalue weighted by Crippen LogP contribution is -2.46. The zero-order valence-corrected chi connectivity index (χ0v) is 13.4. The number of H-pyrrole nitrogens is 1. The summed E-state index contributed by atoms with van der Waals surface area (Å²) in [6.07, 6.45) is 2.97. The van der Waals surface area contributed by atoms with Gasteiger partial charge in [0.2, 0.25) is 0 Å². The standard InChI is InChI=1S/C16H20N4O3/c1-16(2)9-20(8-12-7-17-10-18-12)13-6-11(19-15(21)22-3)4-5-14(13)23-16/h4-7,10H,8-9H2,1-3H3,(H,17,18)(H,19,21). The summed E-state index contributed by atoms with van der Waals surface area (Å²) < 4.78 is 10.7. The molecular weight excluding hydrogens is 296 g/mol. The van der Waals surface area contributed by atoms with Crippen LogP contribution in [0, 0.1) is 0 Å². The number of carbonyl (C=O) groups excluding carboxylic acids is 1. The molecule has 0 saturated heterocycles. The number of aromatic nitrogens is 2. The Bertz CT molecular complexity index is 697. The molecule has 2 N–H and O–H groups in total. The van der Waals surface area contributed by atoms with Crippen LogP contribution in [0.4, 0.5) is 16.2 Å². The highest BCUT2D eigenvalue weighted by atomic mass is 16.5. The topological polar surface area (TPSA) is 79.5 Å². The maximum atomic E-state index is 11.4. The normalized spacial score (nSPS) is 15.5. The number of nitrogens with zero attached hydrogens (tertiary/aromatic N) is 2. The highest BCUT2D eigenvalue weighted by Gasteiger charge is 2.32. The van der Waals surface area contributed by atoms with E-state index in [-0.39, 0.29) is 5.60 Å². The van der Waals surface area contributed by atoms with Crippen molar-refractivity contribution in [2.75, 3.05) is 23.9 Å². The van der Waals surface area contributed by atoms with Crippen LogP contribution in [0.5, 0.6) is 5.75 Å². The van der Waals surface area contributed by atoms with E-state index < -0.39 is 6.09 Å². The highest BCUT2D eigenvalue weighted by molar-refractivity contribution is 5.86. The molecule has 122 valence electrons. The van der Waals surface area contributed by atoms with Crippen LogP contribution in [-0.2, 0) is 11.3 Å². The number of rotatable bonds is 3. The van der Waals surface area contributed by atoms with Gasteiger partial charge in [0, 0.05) is 11.9 Å². The Balaban J connectivity index is 1.91. The maximum Gasteiger partial charge on any atom is 0.411 e. The van der Waals surface area contributed by atoms with Gasteiger partial charge in [0.25, 0.3) is 0 Å². The summed E-state index contributed by atoms with van der Waals surface area (Å²) >= 11 is 0. The van der Waals surface area contributed by atoms with Crippen molar-refractivity contribution in [3.8, 4) is 5.75 Å². The molecule has 0 saturated carbocycles. The van der Waals surface area contributed by atoms with E-state index in [4.69, 9.17) is 4.74 Å². The fourth-order valence-corrected chi connectivity index (χ4v) is 2.69. The molecule has 1 aliphatic heterocycles. The first-order valence-electron chi connectivity index (χ1n) is 7.37. The van der Waals surface area contributed by atoms with Gasteiger partial charge in [-0.15, -0.1) is 0 Å². The molecule has 2 heterocycles. The van der Waals surface area contributed by atoms with Crippen LogP contribution in [0.25, 0.3) is 0 Å². The van der Waals surface area contributed by atoms with Gasteiger partial charge in [-0.05, 0) is 32.0 Å². The van der Waals surface area contributed by atoms with Crippen LogP contribution >= 0.6 is 0 Å². The van der Waals surface area contributed by atoms with E-state index in [1.807, 2.05) is 12.1 Å². The summed E-state index contributed by atoms with van der Waals surface area (Å²) in [6, 6.07) is 5.55. The second-order valence-corrected chi connectivity index (χ2v) is 6.09. The van der Waals surface area contributed by atoms with Gasteiger partial charge < -0.3 is 19.4 Å². The van der Waals surface area contributed by atoms with Gasteiger partial charge in [-0.2, -0.15) is 0 Å². The molecule has 1 aliphatic rings. The molecule has 0 atom stereocenters. The lowest BCUT2D eigenvalue weighted by atomic mass is 10.0. The predicted octanol–water partition coefficient (Wildman–Crippen LogP) is 2.77. The van der Waals surface area contributed by atoms with Crippen LogP contribution in [0.2, 0.25) is 0 Å². The van der Waals surface area contributed by atoms with E-state index >= 15 is 0 Å². The van der Waals surface area contributed by atoms with Crippen molar-refractivity contribution in [1.82, 2.24) is 9.97 Å². The number of fused-ring (bicyclic) bond motifs is 1. The first kappa shape index (κ1) is 15.2. The fraction of sp³-hybridized carbons (Fsp3) is 0.375. The SMILES string of the molecule is COC(=O)Nc1ccc2c(c1)N(Cc1cnc[nH]1)CC(C)(C)O2. The summed E-state index contributed by atoms with van der Waals surface area (Å²) in [4.78, 5) is 20.8. The lowest BCUT2D eigenvalue weighted by Gasteiger charge is -2.41. The summed E-state index contributed by atoms with van der Waals surface area (Å²) in [6.45, 7) is 5.51. The number of aromatic amines is 1. The van der Waals surface area contributed by atoms with Crippen molar-refractivity contribution >= 4 is 17.5 Å². The summed E-state index contributed by atoms with van der Waals surface area (Å²) in [5.74, 6) is 0.788. The van der Waals surface area contributed by atoms with Gasteiger partial charge in [-0.25, -0.2) is 9.78 Å². The molecule has 0 spiro atoms. The smallest absolute Gasteiger partial charge is 0.411 e. The second-order valence-electron chi connectivity index (χ2n) is 6.09. The van der Waals surface area contributed by atoms with E-state index in [1.54, 1.807) is 18.6 Å². The summed E-state index contributed by atoms with van der Waals surface area (Å²) in [7, 11) is 1.34. The van der Waals surface area contributed by atoms with E-state index in [0.717, 1.165) is 23.7 Å². The number of methoxy groups -OCH3 is 1. The van der Waals surface area contributed by atoms with Gasteiger partial charge in [-0.3, -0.25) is 5.32 Å². The Kier molecular flexibility index (Phi) is 3.85. The van der Waals surface area contributed by atoms with Gasteiger partial charge >= 0.3 is 6.09 Å². The number of anilines is 2. The van der Waals surface area contributed by atoms with Crippen LogP contribution in [0.3, 0.4) is 0 Å². The van der Waals surface area contributed by atoms with Crippen molar-refractivity contribution in [2.45, 2.75) is 26.0 Å². The van der Waals surface area contributed by atoms with Crippen molar-refractivity contribution in [1.29, 1.82) is 0 Å². The number of hydrogen-bond acceptors (Lipinski definition) is 5. The minimum Gasteiger partial charge on any atom is -0.484 e. The molecule has 0 unspecified atom stereocenters. The highest BCUT2D eigenvalue weighted by Crippen LogP contribution is 2.39. The van der Waals surface area contributed by atoms with Crippen LogP contribution in [0.1, 0.15) is 19.5 Å². The number of ether oxygens (including phenoxy) is 2. The number of imidazole rings is 1. The molecule has 23 heavy (non-hydrogen) atoms. The largest absolute Gasteiger partial charge is 0.484 e. The molecule has 0 fully saturated rings. The minimum absolute atomic E-state index is 0.301. The minimum atomic E-state index is -0.498. The first-order valence-corrected chi connectivity index (χ1v) is 7.37. The number of amides is 1. The van der Waals surface area contributed by atoms with E-state index in [9.17, 15) is 4.79 Å². The number of nitrogens with one attached hydrogen (secondary N) is 2. The lowest BCUT2D eigenvalue weighted by molar-refractivity contribution is 0.104. The van der Waals surface area contributed by atoms with Gasteiger partial charge in [0.1, 0.15) is 11.4 Å². The number of hydrogen-bond donors (Lipinski definition) is 2. The Labute approximate surface area is 134 Å². The third kappa shape index (κ3) is 3.39. The molecule has 7 heteroatoms. The summed E-state index contributed by atoms with van der Waals surface area (Å²) in [5.41, 5.74) is 2.30. The molecule has 0 aliphatic carbocycles. The molecule has 1 aromatic carbocycles. The van der Waals surface area contributed by atoms with E-state index in [2.05, 4.69) is 38.8 Å². The van der Waals surface area contributed by atoms with Crippen LogP contribution < -0.4 is 15.0 Å². The van der Waals surface area contributed by atoms with E-state index in [1.165, 1.54) is 7.11 Å². The molecular formula is C16H20N4O3. The van der Waals surface area contributed by atoms with Gasteiger partial charge in [0.15, 0.2) is 0 Å². The molecule has 1 aromatic heterocycles. The molecule has 7 nitrogen and oxygen atoms in total. The quantitative estimate of drug-likeness (QED) is 0.910. The maximum absolute atomic E-state index is 11.4. The Morgan fingerprint density at radius 3 is 3.04 bits per heavy atom. The summed E-state index contributed by atoms with van der Waals surface area (Å²) in [5, 5.41) is 2.68. The predicted molar refractivity (Wildman–Crippen MR) is 86.8 cm³/mol. The average Bonchev–Trinajstić information content (AvgIpc) is 3.00. The zero-order chi connectivity index (χ0) is 16.4. The van der Waals surface area contributed by atoms with Crippen molar-refractivity contribution in [3.63, 3.8) is 0 Å². The third-order valence-corrected chi connectivity index (χ3v) is 3.61. The molecule has 0 radical (unpaired) electrons.